The van der Waals surface area contributed by atoms with Crippen LogP contribution in [0.15, 0.2) is 48.7 Å². The van der Waals surface area contributed by atoms with Crippen molar-refractivity contribution in [3.05, 3.63) is 59.8 Å². The van der Waals surface area contributed by atoms with E-state index in [1.807, 2.05) is 0 Å². The molecular formula is C20H16N4O4. The van der Waals surface area contributed by atoms with Gasteiger partial charge in [-0.1, -0.05) is 0 Å². The third-order valence-corrected chi connectivity index (χ3v) is 3.92. The highest BCUT2D eigenvalue weighted by molar-refractivity contribution is 5.89. The number of ether oxygens (including phenoxy) is 2. The summed E-state index contributed by atoms with van der Waals surface area (Å²) >= 11 is 0. The fourth-order valence-electron chi connectivity index (χ4n) is 2.58. The van der Waals surface area contributed by atoms with Crippen molar-refractivity contribution in [3.8, 4) is 28.8 Å². The summed E-state index contributed by atoms with van der Waals surface area (Å²) in [5.74, 6) is 0.0823. The number of aromatic nitrogens is 2. The van der Waals surface area contributed by atoms with Crippen LogP contribution in [0.3, 0.4) is 0 Å². The van der Waals surface area contributed by atoms with Crippen molar-refractivity contribution in [2.75, 3.05) is 19.5 Å². The van der Waals surface area contributed by atoms with E-state index in [-0.39, 0.29) is 11.5 Å². The van der Waals surface area contributed by atoms with E-state index in [0.29, 0.717) is 28.4 Å². The Hall–Kier alpha value is -4.12. The molecular weight excluding hydrogens is 360 g/mol. The van der Waals surface area contributed by atoms with Gasteiger partial charge in [0, 0.05) is 23.5 Å². The van der Waals surface area contributed by atoms with E-state index < -0.39 is 5.97 Å². The molecule has 2 N–H and O–H groups in total. The Kier molecular flexibility index (Phi) is 5.37. The lowest BCUT2D eigenvalue weighted by Gasteiger charge is -2.10. The Morgan fingerprint density at radius 1 is 1.14 bits per heavy atom. The van der Waals surface area contributed by atoms with E-state index in [4.69, 9.17) is 9.47 Å². The number of carboxylic acids is 1. The first kappa shape index (κ1) is 18.7. The fourth-order valence-corrected chi connectivity index (χ4v) is 2.58. The average molecular weight is 376 g/mol. The SMILES string of the molecule is COc1cc(Nc2nccc(-c3ccc(OC)c(C#N)c3)n2)cc(C(=O)O)c1. The third kappa shape index (κ3) is 3.99. The maximum Gasteiger partial charge on any atom is 0.335 e. The zero-order valence-electron chi connectivity index (χ0n) is 15.1. The monoisotopic (exact) mass is 376 g/mol. The molecule has 28 heavy (non-hydrogen) atoms. The molecule has 0 unspecified atom stereocenters. The van der Waals surface area contributed by atoms with E-state index >= 15 is 0 Å². The van der Waals surface area contributed by atoms with E-state index in [1.54, 1.807) is 36.5 Å². The number of carbonyl (C=O) groups is 1. The minimum absolute atomic E-state index is 0.0758. The second-order valence-electron chi connectivity index (χ2n) is 5.67. The summed E-state index contributed by atoms with van der Waals surface area (Å²) in [6.45, 7) is 0. The number of nitrogens with one attached hydrogen (secondary N) is 1. The molecule has 0 amide bonds. The van der Waals surface area contributed by atoms with Gasteiger partial charge in [-0.3, -0.25) is 0 Å². The van der Waals surface area contributed by atoms with Crippen LogP contribution in [0.2, 0.25) is 0 Å². The van der Waals surface area contributed by atoms with Crippen LogP contribution >= 0.6 is 0 Å². The van der Waals surface area contributed by atoms with Gasteiger partial charge in [0.2, 0.25) is 5.95 Å². The molecule has 8 nitrogen and oxygen atoms in total. The van der Waals surface area contributed by atoms with Gasteiger partial charge in [-0.15, -0.1) is 0 Å². The number of carboxylic acid groups (broad SMARTS) is 1. The smallest absolute Gasteiger partial charge is 0.335 e. The van der Waals surface area contributed by atoms with Gasteiger partial charge in [0.05, 0.1) is 31.0 Å². The van der Waals surface area contributed by atoms with Crippen molar-refractivity contribution in [1.29, 1.82) is 5.26 Å². The van der Waals surface area contributed by atoms with Crippen LogP contribution in [0.5, 0.6) is 11.5 Å². The lowest BCUT2D eigenvalue weighted by Crippen LogP contribution is -2.02. The van der Waals surface area contributed by atoms with Crippen molar-refractivity contribution in [1.82, 2.24) is 9.97 Å². The first-order valence-corrected chi connectivity index (χ1v) is 8.15. The molecule has 0 fully saturated rings. The topological polar surface area (TPSA) is 117 Å². The Morgan fingerprint density at radius 3 is 2.64 bits per heavy atom. The Morgan fingerprint density at radius 2 is 1.96 bits per heavy atom. The number of methoxy groups -OCH3 is 2. The summed E-state index contributed by atoms with van der Waals surface area (Å²) in [5.41, 5.74) is 2.26. The summed E-state index contributed by atoms with van der Waals surface area (Å²) in [7, 11) is 2.96. The number of nitriles is 1. The number of aromatic carboxylic acids is 1. The average Bonchev–Trinajstić information content (AvgIpc) is 2.73. The molecule has 1 aromatic heterocycles. The summed E-state index contributed by atoms with van der Waals surface area (Å²) < 4.78 is 10.3. The van der Waals surface area contributed by atoms with Crippen LogP contribution < -0.4 is 14.8 Å². The van der Waals surface area contributed by atoms with Gasteiger partial charge in [-0.25, -0.2) is 14.8 Å². The van der Waals surface area contributed by atoms with Crippen molar-refractivity contribution >= 4 is 17.6 Å². The molecule has 0 bridgehead atoms. The molecule has 2 aromatic carbocycles. The zero-order valence-corrected chi connectivity index (χ0v) is 15.1. The second kappa shape index (κ2) is 8.05. The molecule has 0 radical (unpaired) electrons. The molecule has 1 heterocycles. The number of nitrogens with zero attached hydrogens (tertiary/aromatic N) is 3. The number of hydrogen-bond donors (Lipinski definition) is 2. The predicted molar refractivity (Wildman–Crippen MR) is 102 cm³/mol. The summed E-state index contributed by atoms with van der Waals surface area (Å²) in [5, 5.41) is 21.5. The van der Waals surface area contributed by atoms with Crippen molar-refractivity contribution in [3.63, 3.8) is 0 Å². The molecule has 3 rings (SSSR count). The third-order valence-electron chi connectivity index (χ3n) is 3.92. The molecule has 140 valence electrons. The molecule has 0 saturated heterocycles. The number of anilines is 2. The van der Waals surface area contributed by atoms with Gasteiger partial charge in [-0.05, 0) is 36.4 Å². The normalized spacial score (nSPS) is 10.0. The Bertz CT molecular complexity index is 1080. The van der Waals surface area contributed by atoms with Crippen molar-refractivity contribution in [2.24, 2.45) is 0 Å². The highest BCUT2D eigenvalue weighted by Gasteiger charge is 2.10. The van der Waals surface area contributed by atoms with Gasteiger partial charge < -0.3 is 19.9 Å². The molecule has 0 aliphatic rings. The van der Waals surface area contributed by atoms with E-state index in [9.17, 15) is 15.2 Å². The van der Waals surface area contributed by atoms with Crippen LogP contribution in [0, 0.1) is 11.3 Å². The molecule has 0 spiro atoms. The van der Waals surface area contributed by atoms with Gasteiger partial charge >= 0.3 is 5.97 Å². The van der Waals surface area contributed by atoms with Crippen molar-refractivity contribution in [2.45, 2.75) is 0 Å². The molecule has 8 heteroatoms. The highest BCUT2D eigenvalue weighted by Crippen LogP contribution is 2.27. The minimum atomic E-state index is -1.07. The highest BCUT2D eigenvalue weighted by atomic mass is 16.5. The van der Waals surface area contributed by atoms with Crippen LogP contribution in [0.1, 0.15) is 15.9 Å². The molecule has 3 aromatic rings. The summed E-state index contributed by atoms with van der Waals surface area (Å²) in [6.07, 6.45) is 1.57. The quantitative estimate of drug-likeness (QED) is 0.671. The second-order valence-corrected chi connectivity index (χ2v) is 5.67. The standard InChI is InChI=1S/C20H16N4O4/c1-27-16-9-13(19(25)26)8-15(10-16)23-20-22-6-5-17(24-20)12-3-4-18(28-2)14(7-12)11-21/h3-10H,1-2H3,(H,25,26)(H,22,23,24). The zero-order chi connectivity index (χ0) is 20.1. The lowest BCUT2D eigenvalue weighted by molar-refractivity contribution is 0.0696. The van der Waals surface area contributed by atoms with Crippen molar-refractivity contribution < 1.29 is 19.4 Å². The van der Waals surface area contributed by atoms with Gasteiger partial charge in [0.25, 0.3) is 0 Å². The van der Waals surface area contributed by atoms with Crippen LogP contribution in [0.4, 0.5) is 11.6 Å². The van der Waals surface area contributed by atoms with Gasteiger partial charge in [0.15, 0.2) is 0 Å². The van der Waals surface area contributed by atoms with E-state index in [2.05, 4.69) is 21.4 Å². The maximum atomic E-state index is 11.3. The minimum Gasteiger partial charge on any atom is -0.497 e. The summed E-state index contributed by atoms with van der Waals surface area (Å²) in [6, 6.07) is 13.5. The molecule has 0 aliphatic heterocycles. The molecule has 0 saturated carbocycles. The first-order valence-electron chi connectivity index (χ1n) is 8.15. The molecule has 0 aliphatic carbocycles. The number of hydrogen-bond acceptors (Lipinski definition) is 7. The fraction of sp³-hybridized carbons (Fsp3) is 0.100. The first-order chi connectivity index (χ1) is 13.5. The lowest BCUT2D eigenvalue weighted by atomic mass is 10.1. The van der Waals surface area contributed by atoms with Gasteiger partial charge in [0.1, 0.15) is 17.6 Å². The predicted octanol–water partition coefficient (Wildman–Crippen LogP) is 3.47. The van der Waals surface area contributed by atoms with Crippen LogP contribution in [-0.4, -0.2) is 35.3 Å². The van der Waals surface area contributed by atoms with Crippen LogP contribution in [-0.2, 0) is 0 Å². The summed E-state index contributed by atoms with van der Waals surface area (Å²) in [4.78, 5) is 19.9. The Balaban J connectivity index is 1.94. The maximum absolute atomic E-state index is 11.3. The number of rotatable bonds is 6. The van der Waals surface area contributed by atoms with E-state index in [1.165, 1.54) is 26.4 Å². The van der Waals surface area contributed by atoms with Crippen LogP contribution in [0.25, 0.3) is 11.3 Å². The number of benzene rings is 2. The Labute approximate surface area is 161 Å². The van der Waals surface area contributed by atoms with E-state index in [0.717, 1.165) is 5.56 Å². The molecule has 0 atom stereocenters. The van der Waals surface area contributed by atoms with Gasteiger partial charge in [-0.2, -0.15) is 5.26 Å². The largest absolute Gasteiger partial charge is 0.497 e.